The highest BCUT2D eigenvalue weighted by Crippen LogP contribution is 2.56. The normalized spacial score (nSPS) is 25.2. The number of ketones is 2. The number of nitrogens with zero attached hydrogens (tertiary/aromatic N) is 2. The number of non-ortho nitro benzene ring substituents is 1. The number of hydrogen-bond donors (Lipinski definition) is 1. The highest BCUT2D eigenvalue weighted by molar-refractivity contribution is 6.25. The number of rotatable bonds is 3. The third-order valence-electron chi connectivity index (χ3n) is 9.13. The van der Waals surface area contributed by atoms with Crippen molar-refractivity contribution in [2.45, 2.75) is 25.7 Å². The molecule has 3 aromatic carbocycles. The fourth-order valence-corrected chi connectivity index (χ4v) is 7.25. The lowest BCUT2D eigenvalue weighted by atomic mass is 9.59. The van der Waals surface area contributed by atoms with E-state index in [4.69, 9.17) is 0 Å². The van der Waals surface area contributed by atoms with Crippen molar-refractivity contribution in [3.63, 3.8) is 0 Å². The minimum atomic E-state index is -0.762. The van der Waals surface area contributed by atoms with Crippen LogP contribution in [0, 0.1) is 27.9 Å². The largest absolute Gasteiger partial charge is 0.507 e. The Kier molecular flexibility index (Phi) is 5.63. The number of phenolic OH excluding ortho intramolecular Hbond substituents is 1. The Balaban J connectivity index is 1.38. The second-order valence-electron chi connectivity index (χ2n) is 11.2. The summed E-state index contributed by atoms with van der Waals surface area (Å²) < 4.78 is 0. The van der Waals surface area contributed by atoms with Crippen LogP contribution >= 0.6 is 0 Å². The number of nitro groups is 1. The van der Waals surface area contributed by atoms with Gasteiger partial charge in [0.25, 0.3) is 5.69 Å². The van der Waals surface area contributed by atoms with Crippen LogP contribution in [0.25, 0.3) is 10.8 Å². The molecule has 1 N–H and O–H groups in total. The van der Waals surface area contributed by atoms with Crippen LogP contribution < -0.4 is 4.90 Å². The first-order valence-corrected chi connectivity index (χ1v) is 13.7. The summed E-state index contributed by atoms with van der Waals surface area (Å²) in [5, 5.41) is 23.1. The molecular weight excluding hydrogens is 536 g/mol. The molecule has 1 saturated heterocycles. The van der Waals surface area contributed by atoms with Gasteiger partial charge in [0.15, 0.2) is 11.6 Å². The Bertz CT molecular complexity index is 1880. The van der Waals surface area contributed by atoms with Crippen molar-refractivity contribution in [1.82, 2.24) is 0 Å². The zero-order chi connectivity index (χ0) is 29.4. The zero-order valence-electron chi connectivity index (χ0n) is 22.4. The van der Waals surface area contributed by atoms with Crippen molar-refractivity contribution in [3.05, 3.63) is 111 Å². The van der Waals surface area contributed by atoms with E-state index in [1.54, 1.807) is 25.1 Å². The fraction of sp³-hybridized carbons (Fsp3) is 0.212. The van der Waals surface area contributed by atoms with E-state index in [9.17, 15) is 34.4 Å². The van der Waals surface area contributed by atoms with E-state index in [-0.39, 0.29) is 47.4 Å². The zero-order valence-corrected chi connectivity index (χ0v) is 22.4. The Morgan fingerprint density at radius 3 is 2.33 bits per heavy atom. The second-order valence-corrected chi connectivity index (χ2v) is 11.2. The first kappa shape index (κ1) is 25.8. The fourth-order valence-electron chi connectivity index (χ4n) is 7.25. The van der Waals surface area contributed by atoms with Crippen LogP contribution in [0.2, 0.25) is 0 Å². The maximum Gasteiger partial charge on any atom is 0.269 e. The SMILES string of the molecule is CC1=CC(=O)C2=C(C1=O)[C@@H](c1ccc(O)c3ccccc13)C1=CC[C@@H]3C(=O)N(c4ccc([N+](=O)[O-])cc4)C(=O)[C@@H]3[C@@H]1C2. The number of nitro benzene ring substituents is 1. The monoisotopic (exact) mass is 560 g/mol. The topological polar surface area (TPSA) is 135 Å². The van der Waals surface area contributed by atoms with Crippen molar-refractivity contribution < 1.29 is 29.2 Å². The third-order valence-corrected chi connectivity index (χ3v) is 9.13. The summed E-state index contributed by atoms with van der Waals surface area (Å²) in [5.41, 5.74) is 2.74. The quantitative estimate of drug-likeness (QED) is 0.155. The van der Waals surface area contributed by atoms with E-state index in [0.717, 1.165) is 21.4 Å². The van der Waals surface area contributed by atoms with Crippen molar-refractivity contribution in [2.75, 3.05) is 4.90 Å². The predicted molar refractivity (Wildman–Crippen MR) is 153 cm³/mol. The van der Waals surface area contributed by atoms with E-state index in [1.807, 2.05) is 24.3 Å². The van der Waals surface area contributed by atoms with Crippen LogP contribution in [0.15, 0.2) is 95.1 Å². The molecule has 1 fully saturated rings. The lowest BCUT2D eigenvalue weighted by Crippen LogP contribution is -2.39. The van der Waals surface area contributed by atoms with Crippen LogP contribution in [0.1, 0.15) is 31.2 Å². The molecule has 1 heterocycles. The number of hydrogen-bond acceptors (Lipinski definition) is 7. The molecule has 4 aliphatic rings. The minimum Gasteiger partial charge on any atom is -0.507 e. The number of phenols is 1. The number of fused-ring (bicyclic) bond motifs is 4. The van der Waals surface area contributed by atoms with Crippen molar-refractivity contribution in [3.8, 4) is 5.75 Å². The summed E-state index contributed by atoms with van der Waals surface area (Å²) in [4.78, 5) is 66.4. The summed E-state index contributed by atoms with van der Waals surface area (Å²) in [5.74, 6) is -3.79. The lowest BCUT2D eigenvalue weighted by molar-refractivity contribution is -0.384. The lowest BCUT2D eigenvalue weighted by Gasteiger charge is -2.42. The van der Waals surface area contributed by atoms with Gasteiger partial charge in [-0.05, 0) is 60.9 Å². The molecule has 0 radical (unpaired) electrons. The van der Waals surface area contributed by atoms with E-state index >= 15 is 0 Å². The number of carbonyl (C=O) groups excluding carboxylic acids is 4. The molecule has 9 nitrogen and oxygen atoms in total. The second kappa shape index (κ2) is 9.17. The molecule has 4 atom stereocenters. The summed E-state index contributed by atoms with van der Waals surface area (Å²) in [6.45, 7) is 1.62. The van der Waals surface area contributed by atoms with Gasteiger partial charge in [-0.3, -0.25) is 34.2 Å². The molecule has 42 heavy (non-hydrogen) atoms. The van der Waals surface area contributed by atoms with Gasteiger partial charge >= 0.3 is 0 Å². The van der Waals surface area contributed by atoms with Gasteiger partial charge in [-0.2, -0.15) is 0 Å². The molecule has 0 spiro atoms. The molecule has 0 unspecified atom stereocenters. The summed E-state index contributed by atoms with van der Waals surface area (Å²) in [6.07, 6.45) is 3.71. The number of Topliss-reactive ketones (excluding diaryl/α,β-unsaturated/α-hetero) is 1. The van der Waals surface area contributed by atoms with Crippen molar-refractivity contribution in [1.29, 1.82) is 0 Å². The first-order valence-electron chi connectivity index (χ1n) is 13.7. The molecule has 2 amide bonds. The molecule has 7 rings (SSSR count). The third kappa shape index (κ3) is 3.56. The van der Waals surface area contributed by atoms with E-state index in [0.29, 0.717) is 22.1 Å². The molecule has 0 bridgehead atoms. The Labute approximate surface area is 239 Å². The molecule has 0 saturated carbocycles. The molecular formula is C33H24N2O7. The van der Waals surface area contributed by atoms with Crippen LogP contribution in [0.5, 0.6) is 5.75 Å². The molecule has 9 heteroatoms. The van der Waals surface area contributed by atoms with Gasteiger partial charge < -0.3 is 5.11 Å². The average Bonchev–Trinajstić information content (AvgIpc) is 3.25. The molecule has 208 valence electrons. The van der Waals surface area contributed by atoms with Crippen LogP contribution in [0.4, 0.5) is 11.4 Å². The van der Waals surface area contributed by atoms with Gasteiger partial charge in [-0.25, -0.2) is 0 Å². The van der Waals surface area contributed by atoms with E-state index < -0.39 is 34.5 Å². The summed E-state index contributed by atoms with van der Waals surface area (Å²) >= 11 is 0. The Hall–Kier alpha value is -5.18. The molecule has 0 aromatic heterocycles. The van der Waals surface area contributed by atoms with Gasteiger partial charge in [0.1, 0.15) is 5.75 Å². The van der Waals surface area contributed by atoms with Crippen LogP contribution in [-0.2, 0) is 19.2 Å². The van der Waals surface area contributed by atoms with Gasteiger partial charge in [-0.1, -0.05) is 42.0 Å². The standard InChI is InChI=1S/C33H24N2O7/c1-16-14-27(37)25-15-24-22(28(30(25)31(16)38)21-12-13-26(36)20-5-3-2-4-19(20)21)10-11-23-29(24)33(40)34(32(23)39)17-6-8-18(9-7-17)35(41)42/h2-10,12-14,23-24,28-29,36H,11,15H2,1H3/t23-,24+,28-,29-/m0/s1. The number of amides is 2. The van der Waals surface area contributed by atoms with Gasteiger partial charge in [0.2, 0.25) is 11.8 Å². The predicted octanol–water partition coefficient (Wildman–Crippen LogP) is 5.09. The maximum absolute atomic E-state index is 14.0. The number of anilines is 1. The van der Waals surface area contributed by atoms with Crippen LogP contribution in [-0.4, -0.2) is 33.4 Å². The van der Waals surface area contributed by atoms with E-state index in [1.165, 1.54) is 30.3 Å². The highest BCUT2D eigenvalue weighted by atomic mass is 16.6. The molecule has 3 aromatic rings. The number of allylic oxidation sites excluding steroid dienone is 6. The number of imide groups is 1. The van der Waals surface area contributed by atoms with Gasteiger partial charge in [0, 0.05) is 40.2 Å². The van der Waals surface area contributed by atoms with Gasteiger partial charge in [0.05, 0.1) is 22.4 Å². The summed E-state index contributed by atoms with van der Waals surface area (Å²) in [6, 6.07) is 15.9. The van der Waals surface area contributed by atoms with Gasteiger partial charge in [-0.15, -0.1) is 0 Å². The van der Waals surface area contributed by atoms with Crippen molar-refractivity contribution >= 4 is 45.5 Å². The highest BCUT2D eigenvalue weighted by Gasteiger charge is 2.56. The smallest absolute Gasteiger partial charge is 0.269 e. The van der Waals surface area contributed by atoms with E-state index in [2.05, 4.69) is 0 Å². The Morgan fingerprint density at radius 1 is 0.905 bits per heavy atom. The molecule has 1 aliphatic heterocycles. The minimum absolute atomic E-state index is 0.0889. The first-order chi connectivity index (χ1) is 20.2. The number of aromatic hydroxyl groups is 1. The maximum atomic E-state index is 14.0. The summed E-state index contributed by atoms with van der Waals surface area (Å²) in [7, 11) is 0. The van der Waals surface area contributed by atoms with Crippen LogP contribution in [0.3, 0.4) is 0 Å². The van der Waals surface area contributed by atoms with Crippen molar-refractivity contribution in [2.24, 2.45) is 17.8 Å². The average molecular weight is 561 g/mol. The number of carbonyl (C=O) groups is 4. The molecule has 3 aliphatic carbocycles. The number of benzene rings is 3. The Morgan fingerprint density at radius 2 is 1.62 bits per heavy atom.